The minimum absolute atomic E-state index is 0.0875. The Labute approximate surface area is 143 Å². The third kappa shape index (κ3) is 4.98. The van der Waals surface area contributed by atoms with E-state index in [4.69, 9.17) is 9.47 Å². The summed E-state index contributed by atoms with van der Waals surface area (Å²) in [6, 6.07) is 7.07. The number of methoxy groups -OCH3 is 1. The third-order valence-corrected chi connectivity index (χ3v) is 4.05. The molecule has 0 heterocycles. The second kappa shape index (κ2) is 8.34. The standard InChI is InChI=1S/C19H24N2O3/c1-13(2)15-6-5-14(3)18(11-15)20-21-19(22)12-24-17-9-7-16(23-4)8-10-17/h5,7-10,15H,1,6,11-12H2,2-4H3,(H,21,22). The molecule has 1 aliphatic rings. The molecule has 1 amide bonds. The van der Waals surface area contributed by atoms with Gasteiger partial charge in [0.15, 0.2) is 6.61 Å². The van der Waals surface area contributed by atoms with Gasteiger partial charge in [0, 0.05) is 0 Å². The zero-order valence-corrected chi connectivity index (χ0v) is 14.5. The number of nitrogens with zero attached hydrogens (tertiary/aromatic N) is 1. The Morgan fingerprint density at radius 1 is 1.33 bits per heavy atom. The van der Waals surface area contributed by atoms with Gasteiger partial charge >= 0.3 is 0 Å². The van der Waals surface area contributed by atoms with E-state index in [2.05, 4.69) is 23.2 Å². The van der Waals surface area contributed by atoms with Gasteiger partial charge in [0.2, 0.25) is 0 Å². The largest absolute Gasteiger partial charge is 0.497 e. The van der Waals surface area contributed by atoms with Crippen LogP contribution in [0.3, 0.4) is 0 Å². The Bertz CT molecular complexity index is 660. The zero-order chi connectivity index (χ0) is 17.5. The van der Waals surface area contributed by atoms with Crippen molar-refractivity contribution in [1.82, 2.24) is 5.43 Å². The maximum absolute atomic E-state index is 11.9. The first-order valence-electron chi connectivity index (χ1n) is 7.94. The average molecular weight is 328 g/mol. The van der Waals surface area contributed by atoms with Crippen molar-refractivity contribution in [1.29, 1.82) is 0 Å². The lowest BCUT2D eigenvalue weighted by atomic mass is 9.85. The molecule has 0 aliphatic heterocycles. The molecule has 5 nitrogen and oxygen atoms in total. The van der Waals surface area contributed by atoms with Crippen LogP contribution in [0.15, 0.2) is 53.2 Å². The fourth-order valence-electron chi connectivity index (χ4n) is 2.41. The van der Waals surface area contributed by atoms with E-state index in [1.54, 1.807) is 31.4 Å². The van der Waals surface area contributed by atoms with Crippen molar-refractivity contribution < 1.29 is 14.3 Å². The predicted octanol–water partition coefficient (Wildman–Crippen LogP) is 3.48. The van der Waals surface area contributed by atoms with Crippen LogP contribution in [0.1, 0.15) is 26.7 Å². The minimum Gasteiger partial charge on any atom is -0.497 e. The van der Waals surface area contributed by atoms with Gasteiger partial charge in [-0.25, -0.2) is 5.43 Å². The van der Waals surface area contributed by atoms with Crippen molar-refractivity contribution in [2.75, 3.05) is 13.7 Å². The first kappa shape index (κ1) is 17.8. The molecule has 1 N–H and O–H groups in total. The van der Waals surface area contributed by atoms with E-state index in [0.717, 1.165) is 35.4 Å². The molecule has 24 heavy (non-hydrogen) atoms. The van der Waals surface area contributed by atoms with E-state index in [0.29, 0.717) is 11.7 Å². The highest BCUT2D eigenvalue weighted by Gasteiger charge is 2.18. The van der Waals surface area contributed by atoms with Crippen LogP contribution in [-0.2, 0) is 4.79 Å². The summed E-state index contributed by atoms with van der Waals surface area (Å²) in [7, 11) is 1.60. The molecular formula is C19H24N2O3. The van der Waals surface area contributed by atoms with Crippen LogP contribution in [-0.4, -0.2) is 25.3 Å². The Morgan fingerprint density at radius 2 is 2.00 bits per heavy atom. The maximum Gasteiger partial charge on any atom is 0.277 e. The molecule has 1 aromatic carbocycles. The fraction of sp³-hybridized carbons (Fsp3) is 0.368. The first-order valence-corrected chi connectivity index (χ1v) is 7.94. The van der Waals surface area contributed by atoms with Gasteiger partial charge in [0.25, 0.3) is 5.91 Å². The van der Waals surface area contributed by atoms with Crippen molar-refractivity contribution >= 4 is 11.6 Å². The average Bonchev–Trinajstić information content (AvgIpc) is 2.59. The highest BCUT2D eigenvalue weighted by atomic mass is 16.5. The van der Waals surface area contributed by atoms with Crippen LogP contribution >= 0.6 is 0 Å². The van der Waals surface area contributed by atoms with Gasteiger partial charge in [-0.1, -0.05) is 18.2 Å². The van der Waals surface area contributed by atoms with Gasteiger partial charge in [-0.15, -0.1) is 0 Å². The van der Waals surface area contributed by atoms with Gasteiger partial charge in [-0.05, 0) is 62.4 Å². The molecule has 0 saturated heterocycles. The van der Waals surface area contributed by atoms with Gasteiger partial charge in [-0.3, -0.25) is 4.79 Å². The summed E-state index contributed by atoms with van der Waals surface area (Å²) < 4.78 is 10.5. The van der Waals surface area contributed by atoms with Crippen molar-refractivity contribution in [2.24, 2.45) is 11.0 Å². The smallest absolute Gasteiger partial charge is 0.277 e. The van der Waals surface area contributed by atoms with Crippen molar-refractivity contribution in [2.45, 2.75) is 26.7 Å². The van der Waals surface area contributed by atoms with E-state index >= 15 is 0 Å². The molecule has 0 aromatic heterocycles. The second-order valence-electron chi connectivity index (χ2n) is 5.93. The molecule has 1 aromatic rings. The monoisotopic (exact) mass is 328 g/mol. The van der Waals surface area contributed by atoms with E-state index in [-0.39, 0.29) is 12.5 Å². The highest BCUT2D eigenvalue weighted by molar-refractivity contribution is 6.01. The number of hydrogen-bond donors (Lipinski definition) is 1. The molecule has 1 atom stereocenters. The molecule has 2 rings (SSSR count). The lowest BCUT2D eigenvalue weighted by Gasteiger charge is -2.22. The number of carbonyl (C=O) groups excluding carboxylic acids is 1. The molecule has 0 saturated carbocycles. The van der Waals surface area contributed by atoms with Crippen LogP contribution in [0.2, 0.25) is 0 Å². The number of amides is 1. The molecule has 5 heteroatoms. The molecule has 0 radical (unpaired) electrons. The SMILES string of the molecule is C=C(C)C1CC=C(C)C(=NNC(=O)COc2ccc(OC)cc2)C1. The number of rotatable bonds is 6. The summed E-state index contributed by atoms with van der Waals surface area (Å²) in [6.07, 6.45) is 3.92. The highest BCUT2D eigenvalue weighted by Crippen LogP contribution is 2.26. The molecule has 0 bridgehead atoms. The van der Waals surface area contributed by atoms with E-state index in [9.17, 15) is 4.79 Å². The van der Waals surface area contributed by atoms with Crippen LogP contribution in [0.25, 0.3) is 0 Å². The Balaban J connectivity index is 1.86. The summed E-state index contributed by atoms with van der Waals surface area (Å²) in [5.41, 5.74) is 5.70. The topological polar surface area (TPSA) is 59.9 Å². The summed E-state index contributed by atoms with van der Waals surface area (Å²) in [5, 5.41) is 4.24. The normalized spacial score (nSPS) is 18.7. The number of ether oxygens (including phenoxy) is 2. The van der Waals surface area contributed by atoms with Gasteiger partial charge in [-0.2, -0.15) is 5.10 Å². The Morgan fingerprint density at radius 3 is 2.62 bits per heavy atom. The van der Waals surface area contributed by atoms with Gasteiger partial charge in [0.1, 0.15) is 11.5 Å². The summed E-state index contributed by atoms with van der Waals surface area (Å²) >= 11 is 0. The van der Waals surface area contributed by atoms with Gasteiger partial charge in [0.05, 0.1) is 12.8 Å². The number of hydrogen-bond acceptors (Lipinski definition) is 4. The number of allylic oxidation sites excluding steroid dienone is 3. The number of nitrogens with one attached hydrogen (secondary N) is 1. The molecule has 1 aliphatic carbocycles. The summed E-state index contributed by atoms with van der Waals surface area (Å²) in [6.45, 7) is 7.95. The van der Waals surface area contributed by atoms with Crippen molar-refractivity contribution in [3.8, 4) is 11.5 Å². The lowest BCUT2D eigenvalue weighted by molar-refractivity contribution is -0.123. The number of carbonyl (C=O) groups is 1. The molecule has 1 unspecified atom stereocenters. The zero-order valence-electron chi connectivity index (χ0n) is 14.5. The summed E-state index contributed by atoms with van der Waals surface area (Å²) in [5.74, 6) is 1.45. The van der Waals surface area contributed by atoms with Crippen LogP contribution in [0.4, 0.5) is 0 Å². The quantitative estimate of drug-likeness (QED) is 0.642. The van der Waals surface area contributed by atoms with Crippen molar-refractivity contribution in [3.63, 3.8) is 0 Å². The molecule has 128 valence electrons. The second-order valence-corrected chi connectivity index (χ2v) is 5.93. The first-order chi connectivity index (χ1) is 11.5. The van der Waals surface area contributed by atoms with E-state index in [1.807, 2.05) is 13.8 Å². The maximum atomic E-state index is 11.9. The van der Waals surface area contributed by atoms with Crippen LogP contribution in [0.5, 0.6) is 11.5 Å². The lowest BCUT2D eigenvalue weighted by Crippen LogP contribution is -2.27. The minimum atomic E-state index is -0.288. The van der Waals surface area contributed by atoms with Crippen molar-refractivity contribution in [3.05, 3.63) is 48.1 Å². The number of hydrazone groups is 1. The number of benzene rings is 1. The van der Waals surface area contributed by atoms with E-state index in [1.165, 1.54) is 0 Å². The van der Waals surface area contributed by atoms with Gasteiger partial charge < -0.3 is 9.47 Å². The molecule has 0 spiro atoms. The Hall–Kier alpha value is -2.56. The predicted molar refractivity (Wildman–Crippen MR) is 95.4 cm³/mol. The Kier molecular flexibility index (Phi) is 6.18. The van der Waals surface area contributed by atoms with E-state index < -0.39 is 0 Å². The molecule has 0 fully saturated rings. The third-order valence-electron chi connectivity index (χ3n) is 4.05. The van der Waals surface area contributed by atoms with Crippen LogP contribution < -0.4 is 14.9 Å². The van der Waals surface area contributed by atoms with Crippen LogP contribution in [0, 0.1) is 5.92 Å². The molecular weight excluding hydrogens is 304 g/mol. The fourth-order valence-corrected chi connectivity index (χ4v) is 2.41. The summed E-state index contributed by atoms with van der Waals surface area (Å²) in [4.78, 5) is 11.9.